The number of cyclic esters (lactones) is 1. The Morgan fingerprint density at radius 3 is 2.71 bits per heavy atom. The normalized spacial score (nSPS) is 19.8. The molecular formula is C15H10BrNO4. The minimum absolute atomic E-state index is 0.141. The van der Waals surface area contributed by atoms with Gasteiger partial charge in [0, 0.05) is 15.7 Å². The number of carbonyl (C=O) groups excluding carboxylic acids is 2. The second-order valence-electron chi connectivity index (χ2n) is 4.54. The van der Waals surface area contributed by atoms with Crippen molar-refractivity contribution in [1.29, 1.82) is 0 Å². The van der Waals surface area contributed by atoms with Crippen LogP contribution in [0.15, 0.2) is 53.0 Å². The van der Waals surface area contributed by atoms with Crippen LogP contribution < -0.4 is 5.32 Å². The fourth-order valence-corrected chi connectivity index (χ4v) is 2.55. The van der Waals surface area contributed by atoms with E-state index in [1.807, 2.05) is 0 Å². The molecule has 0 spiro atoms. The SMILES string of the molecule is O=C1OC(O)(C(=O)Nc2cccc(Br)c2)c2ccccc21. The van der Waals surface area contributed by atoms with Gasteiger partial charge < -0.3 is 15.2 Å². The highest BCUT2D eigenvalue weighted by molar-refractivity contribution is 9.10. The zero-order valence-electron chi connectivity index (χ0n) is 10.7. The lowest BCUT2D eigenvalue weighted by molar-refractivity contribution is -0.180. The molecule has 1 aliphatic heterocycles. The Morgan fingerprint density at radius 2 is 1.95 bits per heavy atom. The number of carbonyl (C=O) groups is 2. The molecule has 0 fully saturated rings. The van der Waals surface area contributed by atoms with Crippen molar-refractivity contribution < 1.29 is 19.4 Å². The van der Waals surface area contributed by atoms with E-state index in [0.717, 1.165) is 4.47 Å². The number of hydrogen-bond acceptors (Lipinski definition) is 4. The third-order valence-corrected chi connectivity index (χ3v) is 3.64. The van der Waals surface area contributed by atoms with E-state index in [1.165, 1.54) is 12.1 Å². The van der Waals surface area contributed by atoms with E-state index in [-0.39, 0.29) is 11.1 Å². The maximum atomic E-state index is 12.3. The van der Waals surface area contributed by atoms with Crippen molar-refractivity contribution in [2.75, 3.05) is 5.32 Å². The highest BCUT2D eigenvalue weighted by Crippen LogP contribution is 2.35. The number of fused-ring (bicyclic) bond motifs is 1. The van der Waals surface area contributed by atoms with Crippen LogP contribution in [0.3, 0.4) is 0 Å². The van der Waals surface area contributed by atoms with E-state index >= 15 is 0 Å². The van der Waals surface area contributed by atoms with Crippen molar-refractivity contribution in [2.45, 2.75) is 5.79 Å². The summed E-state index contributed by atoms with van der Waals surface area (Å²) < 4.78 is 5.65. The van der Waals surface area contributed by atoms with Crippen LogP contribution in [-0.2, 0) is 15.3 Å². The minimum atomic E-state index is -2.31. The molecule has 1 atom stereocenters. The number of amides is 1. The van der Waals surface area contributed by atoms with Gasteiger partial charge in [0.25, 0.3) is 0 Å². The Kier molecular flexibility index (Phi) is 3.27. The van der Waals surface area contributed by atoms with Crippen LogP contribution in [0.25, 0.3) is 0 Å². The van der Waals surface area contributed by atoms with Gasteiger partial charge in [0.05, 0.1) is 5.56 Å². The number of halogens is 1. The largest absolute Gasteiger partial charge is 0.415 e. The fraction of sp³-hybridized carbons (Fsp3) is 0.0667. The van der Waals surface area contributed by atoms with Crippen molar-refractivity contribution in [3.05, 3.63) is 64.1 Å². The van der Waals surface area contributed by atoms with Gasteiger partial charge in [0.2, 0.25) is 0 Å². The quantitative estimate of drug-likeness (QED) is 0.818. The monoisotopic (exact) mass is 347 g/mol. The highest BCUT2D eigenvalue weighted by Gasteiger charge is 2.50. The van der Waals surface area contributed by atoms with Crippen molar-refractivity contribution in [3.8, 4) is 0 Å². The van der Waals surface area contributed by atoms with Crippen molar-refractivity contribution >= 4 is 33.5 Å². The third kappa shape index (κ3) is 2.32. The molecule has 0 saturated carbocycles. The molecule has 2 aromatic carbocycles. The summed E-state index contributed by atoms with van der Waals surface area (Å²) in [7, 11) is 0. The van der Waals surface area contributed by atoms with Gasteiger partial charge in [-0.1, -0.05) is 40.2 Å². The predicted molar refractivity (Wildman–Crippen MR) is 78.5 cm³/mol. The van der Waals surface area contributed by atoms with Crippen LogP contribution in [0, 0.1) is 0 Å². The molecule has 3 rings (SSSR count). The van der Waals surface area contributed by atoms with Gasteiger partial charge in [-0.3, -0.25) is 4.79 Å². The molecule has 106 valence electrons. The molecule has 5 nitrogen and oxygen atoms in total. The maximum Gasteiger partial charge on any atom is 0.341 e. The highest BCUT2D eigenvalue weighted by atomic mass is 79.9. The first kappa shape index (κ1) is 13.8. The van der Waals surface area contributed by atoms with Gasteiger partial charge >= 0.3 is 17.7 Å². The molecule has 0 saturated heterocycles. The van der Waals surface area contributed by atoms with Crippen molar-refractivity contribution in [3.63, 3.8) is 0 Å². The van der Waals surface area contributed by atoms with E-state index in [1.54, 1.807) is 36.4 Å². The molecular weight excluding hydrogens is 338 g/mol. The Hall–Kier alpha value is -2.18. The molecule has 2 N–H and O–H groups in total. The van der Waals surface area contributed by atoms with Crippen LogP contribution in [0.2, 0.25) is 0 Å². The van der Waals surface area contributed by atoms with E-state index < -0.39 is 17.7 Å². The van der Waals surface area contributed by atoms with Crippen LogP contribution in [-0.4, -0.2) is 17.0 Å². The van der Waals surface area contributed by atoms with Crippen LogP contribution in [0.5, 0.6) is 0 Å². The molecule has 0 aromatic heterocycles. The molecule has 0 radical (unpaired) electrons. The van der Waals surface area contributed by atoms with E-state index in [4.69, 9.17) is 4.74 Å². The molecule has 0 bridgehead atoms. The Labute approximate surface area is 128 Å². The van der Waals surface area contributed by atoms with Crippen LogP contribution in [0.4, 0.5) is 5.69 Å². The summed E-state index contributed by atoms with van der Waals surface area (Å²) in [6, 6.07) is 13.1. The zero-order chi connectivity index (χ0) is 15.0. The Balaban J connectivity index is 1.93. The van der Waals surface area contributed by atoms with Gasteiger partial charge in [-0.2, -0.15) is 0 Å². The number of anilines is 1. The first-order valence-electron chi connectivity index (χ1n) is 6.13. The zero-order valence-corrected chi connectivity index (χ0v) is 12.3. The summed E-state index contributed by atoms with van der Waals surface area (Å²) in [5, 5.41) is 13.0. The average Bonchev–Trinajstić information content (AvgIpc) is 2.73. The van der Waals surface area contributed by atoms with E-state index in [0.29, 0.717) is 5.69 Å². The number of rotatable bonds is 2. The molecule has 1 unspecified atom stereocenters. The molecule has 21 heavy (non-hydrogen) atoms. The molecule has 6 heteroatoms. The first-order chi connectivity index (χ1) is 10.0. The van der Waals surface area contributed by atoms with Gasteiger partial charge in [-0.05, 0) is 24.3 Å². The third-order valence-electron chi connectivity index (χ3n) is 3.14. The van der Waals surface area contributed by atoms with Crippen molar-refractivity contribution in [2.24, 2.45) is 0 Å². The minimum Gasteiger partial charge on any atom is -0.415 e. The predicted octanol–water partition coefficient (Wildman–Crippen LogP) is 2.40. The van der Waals surface area contributed by atoms with E-state index in [9.17, 15) is 14.7 Å². The summed E-state index contributed by atoms with van der Waals surface area (Å²) in [5.74, 6) is -3.85. The lowest BCUT2D eigenvalue weighted by Crippen LogP contribution is -2.40. The molecule has 1 heterocycles. The van der Waals surface area contributed by atoms with Gasteiger partial charge in [-0.25, -0.2) is 4.79 Å². The lowest BCUT2D eigenvalue weighted by Gasteiger charge is -2.21. The van der Waals surface area contributed by atoms with Crippen LogP contribution >= 0.6 is 15.9 Å². The average molecular weight is 348 g/mol. The summed E-state index contributed by atoms with van der Waals surface area (Å²) in [4.78, 5) is 24.0. The van der Waals surface area contributed by atoms with Crippen LogP contribution in [0.1, 0.15) is 15.9 Å². The number of esters is 1. The summed E-state index contributed by atoms with van der Waals surface area (Å²) in [6.07, 6.45) is 0. The molecule has 1 amide bonds. The molecule has 1 aliphatic rings. The number of benzene rings is 2. The van der Waals surface area contributed by atoms with Gasteiger partial charge in [-0.15, -0.1) is 0 Å². The van der Waals surface area contributed by atoms with Gasteiger partial charge in [0.1, 0.15) is 0 Å². The summed E-state index contributed by atoms with van der Waals surface area (Å²) in [6.45, 7) is 0. The number of ether oxygens (including phenoxy) is 1. The smallest absolute Gasteiger partial charge is 0.341 e. The number of hydrogen-bond donors (Lipinski definition) is 2. The summed E-state index contributed by atoms with van der Waals surface area (Å²) >= 11 is 3.29. The maximum absolute atomic E-state index is 12.3. The Morgan fingerprint density at radius 1 is 1.19 bits per heavy atom. The second kappa shape index (κ2) is 4.98. The lowest BCUT2D eigenvalue weighted by atomic mass is 10.0. The Bertz CT molecular complexity index is 746. The molecule has 2 aromatic rings. The molecule has 0 aliphatic carbocycles. The van der Waals surface area contributed by atoms with Gasteiger partial charge in [0.15, 0.2) is 0 Å². The first-order valence-corrected chi connectivity index (χ1v) is 6.92. The van der Waals surface area contributed by atoms with Crippen molar-refractivity contribution in [1.82, 2.24) is 0 Å². The second-order valence-corrected chi connectivity index (χ2v) is 5.46. The number of nitrogens with one attached hydrogen (secondary N) is 1. The topological polar surface area (TPSA) is 75.6 Å². The summed E-state index contributed by atoms with van der Waals surface area (Å²) in [5.41, 5.74) is 0.801. The fourth-order valence-electron chi connectivity index (χ4n) is 2.15. The number of aliphatic hydroxyl groups is 1. The standard InChI is InChI=1S/C15H10BrNO4/c16-9-4-3-5-10(8-9)17-14(19)15(20)12-7-2-1-6-11(12)13(18)21-15/h1-8,20H,(H,17,19). The van der Waals surface area contributed by atoms with E-state index in [2.05, 4.69) is 21.2 Å².